The van der Waals surface area contributed by atoms with Gasteiger partial charge in [-0.1, -0.05) is 23.7 Å². The van der Waals surface area contributed by atoms with Crippen LogP contribution in [0.2, 0.25) is 5.02 Å². The van der Waals surface area contributed by atoms with E-state index in [9.17, 15) is 4.79 Å². The Morgan fingerprint density at radius 1 is 1.03 bits per heavy atom. The van der Waals surface area contributed by atoms with Crippen LogP contribution in [-0.4, -0.2) is 63.7 Å². The van der Waals surface area contributed by atoms with Crippen LogP contribution in [0.1, 0.15) is 0 Å². The van der Waals surface area contributed by atoms with Gasteiger partial charge < -0.3 is 14.9 Å². The molecule has 4 rings (SSSR count). The number of halogens is 1. The quantitative estimate of drug-likeness (QED) is 0.713. The van der Waals surface area contributed by atoms with Gasteiger partial charge in [-0.05, 0) is 24.3 Å². The van der Waals surface area contributed by atoms with E-state index >= 15 is 0 Å². The van der Waals surface area contributed by atoms with Crippen molar-refractivity contribution >= 4 is 23.3 Å². The molecule has 1 aromatic carbocycles. The molecule has 8 heteroatoms. The number of aliphatic hydroxyl groups excluding tert-OH is 1. The van der Waals surface area contributed by atoms with Crippen molar-refractivity contribution in [3.05, 3.63) is 59.9 Å². The highest BCUT2D eigenvalue weighted by atomic mass is 35.5. The Bertz CT molecular complexity index is 990. The molecule has 0 saturated carbocycles. The van der Waals surface area contributed by atoms with Crippen LogP contribution in [0.25, 0.3) is 22.6 Å². The molecule has 0 spiro atoms. The summed E-state index contributed by atoms with van der Waals surface area (Å²) in [6.07, 6.45) is 3.45. The number of pyridine rings is 1. The van der Waals surface area contributed by atoms with Crippen molar-refractivity contribution in [1.29, 1.82) is 0 Å². The van der Waals surface area contributed by atoms with Gasteiger partial charge in [0, 0.05) is 60.8 Å². The molecule has 0 radical (unpaired) electrons. The number of benzene rings is 1. The number of nitrogens with zero attached hydrogens (tertiary/aromatic N) is 5. The van der Waals surface area contributed by atoms with Gasteiger partial charge >= 0.3 is 0 Å². The van der Waals surface area contributed by atoms with Crippen molar-refractivity contribution in [2.24, 2.45) is 0 Å². The average Bonchev–Trinajstić information content (AvgIpc) is 2.79. The Kier molecular flexibility index (Phi) is 5.69. The van der Waals surface area contributed by atoms with Crippen LogP contribution in [0.4, 0.5) is 5.82 Å². The van der Waals surface area contributed by atoms with Crippen LogP contribution >= 0.6 is 11.6 Å². The van der Waals surface area contributed by atoms with Crippen LogP contribution in [0, 0.1) is 0 Å². The Hall–Kier alpha value is -3.03. The number of carbonyl (C=O) groups excluding carboxylic acids is 1. The Morgan fingerprint density at radius 2 is 1.79 bits per heavy atom. The van der Waals surface area contributed by atoms with E-state index in [1.54, 1.807) is 17.3 Å². The van der Waals surface area contributed by atoms with E-state index in [1.165, 1.54) is 0 Å². The van der Waals surface area contributed by atoms with E-state index in [2.05, 4.69) is 9.88 Å². The van der Waals surface area contributed by atoms with E-state index in [4.69, 9.17) is 26.7 Å². The normalized spacial score (nSPS) is 14.1. The third kappa shape index (κ3) is 4.36. The maximum Gasteiger partial charge on any atom is 0.248 e. The minimum absolute atomic E-state index is 0.245. The van der Waals surface area contributed by atoms with Crippen LogP contribution in [0.3, 0.4) is 0 Å². The van der Waals surface area contributed by atoms with Gasteiger partial charge in [0.15, 0.2) is 5.82 Å². The fourth-order valence-electron chi connectivity index (χ4n) is 3.27. The van der Waals surface area contributed by atoms with Crippen LogP contribution in [0.5, 0.6) is 0 Å². The first-order valence-electron chi connectivity index (χ1n) is 9.33. The average molecular weight is 410 g/mol. The van der Waals surface area contributed by atoms with Crippen molar-refractivity contribution in [2.75, 3.05) is 37.7 Å². The minimum Gasteiger partial charge on any atom is -0.387 e. The number of aromatic nitrogens is 3. The molecule has 0 unspecified atom stereocenters. The summed E-state index contributed by atoms with van der Waals surface area (Å²) in [5.74, 6) is 1.14. The molecule has 148 valence electrons. The summed E-state index contributed by atoms with van der Waals surface area (Å²) in [6.45, 7) is 1.90. The molecule has 7 nitrogen and oxygen atoms in total. The monoisotopic (exact) mass is 409 g/mol. The molecule has 0 aliphatic carbocycles. The predicted molar refractivity (Wildman–Crippen MR) is 112 cm³/mol. The zero-order chi connectivity index (χ0) is 20.2. The molecule has 1 amide bonds. The maximum atomic E-state index is 11.7. The van der Waals surface area contributed by atoms with Crippen molar-refractivity contribution in [1.82, 2.24) is 19.9 Å². The lowest BCUT2D eigenvalue weighted by Crippen LogP contribution is -2.49. The molecule has 1 aliphatic rings. The zero-order valence-corrected chi connectivity index (χ0v) is 16.5. The highest BCUT2D eigenvalue weighted by Crippen LogP contribution is 2.27. The number of hydrogen-bond acceptors (Lipinski definition) is 6. The van der Waals surface area contributed by atoms with E-state index in [0.29, 0.717) is 37.0 Å². The van der Waals surface area contributed by atoms with Gasteiger partial charge in [0.25, 0.3) is 0 Å². The molecular weight excluding hydrogens is 390 g/mol. The van der Waals surface area contributed by atoms with Gasteiger partial charge in [0.2, 0.25) is 5.91 Å². The Labute approximate surface area is 173 Å². The molecule has 1 saturated heterocycles. The van der Waals surface area contributed by atoms with Crippen LogP contribution in [-0.2, 0) is 4.79 Å². The third-order valence-electron chi connectivity index (χ3n) is 4.86. The van der Waals surface area contributed by atoms with Crippen LogP contribution < -0.4 is 4.90 Å². The lowest BCUT2D eigenvalue weighted by molar-refractivity contribution is -0.134. The predicted octanol–water partition coefficient (Wildman–Crippen LogP) is 2.50. The number of rotatable bonds is 4. The first-order chi connectivity index (χ1) is 14.1. The summed E-state index contributed by atoms with van der Waals surface area (Å²) in [7, 11) is 0. The van der Waals surface area contributed by atoms with Crippen molar-refractivity contribution in [3.63, 3.8) is 0 Å². The lowest BCUT2D eigenvalue weighted by atomic mass is 10.1. The van der Waals surface area contributed by atoms with E-state index in [-0.39, 0.29) is 5.91 Å². The SMILES string of the molecule is O=C(CO)N1CCN(c2cc(-c3ccc(Cl)cc3)nc(-c3cccnc3)n2)CC1. The molecule has 1 fully saturated rings. The summed E-state index contributed by atoms with van der Waals surface area (Å²) >= 11 is 6.03. The van der Waals surface area contributed by atoms with E-state index in [0.717, 1.165) is 22.6 Å². The van der Waals surface area contributed by atoms with Gasteiger partial charge in [-0.25, -0.2) is 9.97 Å². The topological polar surface area (TPSA) is 82.5 Å². The van der Waals surface area contributed by atoms with Gasteiger partial charge in [-0.3, -0.25) is 9.78 Å². The highest BCUT2D eigenvalue weighted by molar-refractivity contribution is 6.30. The number of amides is 1. The molecule has 29 heavy (non-hydrogen) atoms. The van der Waals surface area contributed by atoms with Gasteiger partial charge in [-0.15, -0.1) is 0 Å². The first kappa shape index (κ1) is 19.3. The molecular formula is C21H20ClN5O2. The van der Waals surface area contributed by atoms with Gasteiger partial charge in [-0.2, -0.15) is 0 Å². The van der Waals surface area contributed by atoms with Gasteiger partial charge in [0.1, 0.15) is 12.4 Å². The van der Waals surface area contributed by atoms with E-state index < -0.39 is 6.61 Å². The number of piperazine rings is 1. The molecule has 2 aromatic heterocycles. The second-order valence-electron chi connectivity index (χ2n) is 6.71. The molecule has 3 heterocycles. The Morgan fingerprint density at radius 3 is 2.45 bits per heavy atom. The molecule has 3 aromatic rings. The van der Waals surface area contributed by atoms with Crippen molar-refractivity contribution < 1.29 is 9.90 Å². The molecule has 0 bridgehead atoms. The largest absolute Gasteiger partial charge is 0.387 e. The first-order valence-corrected chi connectivity index (χ1v) is 9.71. The van der Waals surface area contributed by atoms with Gasteiger partial charge in [0.05, 0.1) is 5.69 Å². The number of carbonyl (C=O) groups is 1. The lowest BCUT2D eigenvalue weighted by Gasteiger charge is -2.35. The van der Waals surface area contributed by atoms with Crippen molar-refractivity contribution in [2.45, 2.75) is 0 Å². The summed E-state index contributed by atoms with van der Waals surface area (Å²) in [4.78, 5) is 29.2. The fraction of sp³-hybridized carbons (Fsp3) is 0.238. The molecule has 0 atom stereocenters. The van der Waals surface area contributed by atoms with E-state index in [1.807, 2.05) is 42.5 Å². The minimum atomic E-state index is -0.459. The number of aliphatic hydroxyl groups is 1. The summed E-state index contributed by atoms with van der Waals surface area (Å²) < 4.78 is 0. The summed E-state index contributed by atoms with van der Waals surface area (Å²) in [5, 5.41) is 9.74. The number of hydrogen-bond donors (Lipinski definition) is 1. The number of anilines is 1. The Balaban J connectivity index is 1.69. The molecule has 1 aliphatic heterocycles. The summed E-state index contributed by atoms with van der Waals surface area (Å²) in [6, 6.07) is 13.3. The second-order valence-corrected chi connectivity index (χ2v) is 7.15. The zero-order valence-electron chi connectivity index (χ0n) is 15.7. The maximum absolute atomic E-state index is 11.7. The standard InChI is InChI=1S/C21H20ClN5O2/c22-17-5-3-15(4-6-17)18-12-19(25-21(24-18)16-2-1-7-23-13-16)26-8-10-27(11-9-26)20(29)14-28/h1-7,12-13,28H,8-11,14H2. The smallest absolute Gasteiger partial charge is 0.248 e. The third-order valence-corrected chi connectivity index (χ3v) is 5.12. The second kappa shape index (κ2) is 8.55. The fourth-order valence-corrected chi connectivity index (χ4v) is 3.40. The highest BCUT2D eigenvalue weighted by Gasteiger charge is 2.22. The van der Waals surface area contributed by atoms with Crippen molar-refractivity contribution in [3.8, 4) is 22.6 Å². The molecule has 1 N–H and O–H groups in total. The van der Waals surface area contributed by atoms with Crippen LogP contribution in [0.15, 0.2) is 54.9 Å². The summed E-state index contributed by atoms with van der Waals surface area (Å²) in [5.41, 5.74) is 2.57.